The van der Waals surface area contributed by atoms with Crippen molar-refractivity contribution in [1.29, 1.82) is 0 Å². The summed E-state index contributed by atoms with van der Waals surface area (Å²) in [7, 11) is 0. The van der Waals surface area contributed by atoms with E-state index >= 15 is 0 Å². The lowest BCUT2D eigenvalue weighted by Gasteiger charge is -2.39. The first-order chi connectivity index (χ1) is 8.80. The molecule has 1 unspecified atom stereocenters. The van der Waals surface area contributed by atoms with Gasteiger partial charge in [-0.3, -0.25) is 0 Å². The zero-order valence-electron chi connectivity index (χ0n) is 12.4. The maximum Gasteiger partial charge on any atom is 0.0838 e. The molecule has 1 fully saturated rings. The van der Waals surface area contributed by atoms with Crippen LogP contribution in [-0.4, -0.2) is 28.5 Å². The van der Waals surface area contributed by atoms with Gasteiger partial charge in [0.15, 0.2) is 0 Å². The average molecular weight is 263 g/mol. The Hall–Kier alpha value is -0.900. The standard InChI is InChI=1S/C16H25NO2/c1-14(2)11-16(12-18,15(3,4)19-14)17-10-13-8-6-5-7-9-13/h5-9,17-18H,10-12H2,1-4H3. The summed E-state index contributed by atoms with van der Waals surface area (Å²) in [6.07, 6.45) is 0.802. The van der Waals surface area contributed by atoms with Gasteiger partial charge in [0.05, 0.1) is 23.3 Å². The Labute approximate surface area is 116 Å². The van der Waals surface area contributed by atoms with Crippen molar-refractivity contribution in [3.63, 3.8) is 0 Å². The van der Waals surface area contributed by atoms with Crippen molar-refractivity contribution in [1.82, 2.24) is 5.32 Å². The Balaban J connectivity index is 2.15. The summed E-state index contributed by atoms with van der Waals surface area (Å²) < 4.78 is 6.11. The number of hydrogen-bond acceptors (Lipinski definition) is 3. The molecule has 1 saturated heterocycles. The molecular weight excluding hydrogens is 238 g/mol. The third-order valence-electron chi connectivity index (χ3n) is 4.16. The fourth-order valence-electron chi connectivity index (χ4n) is 3.21. The second-order valence-corrected chi connectivity index (χ2v) is 6.63. The zero-order valence-corrected chi connectivity index (χ0v) is 12.4. The second-order valence-electron chi connectivity index (χ2n) is 6.63. The summed E-state index contributed by atoms with van der Waals surface area (Å²) in [5, 5.41) is 13.5. The van der Waals surface area contributed by atoms with Gasteiger partial charge in [-0.1, -0.05) is 30.3 Å². The van der Waals surface area contributed by atoms with Crippen molar-refractivity contribution in [2.45, 2.75) is 57.4 Å². The molecule has 3 nitrogen and oxygen atoms in total. The minimum absolute atomic E-state index is 0.0796. The van der Waals surface area contributed by atoms with Crippen molar-refractivity contribution < 1.29 is 9.84 Å². The second kappa shape index (κ2) is 4.89. The maximum absolute atomic E-state index is 9.92. The minimum atomic E-state index is -0.396. The highest BCUT2D eigenvalue weighted by Gasteiger charge is 2.56. The molecule has 19 heavy (non-hydrogen) atoms. The molecule has 0 aromatic heterocycles. The smallest absolute Gasteiger partial charge is 0.0838 e. The lowest BCUT2D eigenvalue weighted by molar-refractivity contribution is -0.0898. The van der Waals surface area contributed by atoms with Crippen molar-refractivity contribution in [3.8, 4) is 0 Å². The molecule has 0 saturated carbocycles. The monoisotopic (exact) mass is 263 g/mol. The van der Waals surface area contributed by atoms with Crippen LogP contribution in [0, 0.1) is 0 Å². The number of ether oxygens (including phenoxy) is 1. The van der Waals surface area contributed by atoms with Crippen molar-refractivity contribution in [3.05, 3.63) is 35.9 Å². The number of benzene rings is 1. The highest BCUT2D eigenvalue weighted by molar-refractivity contribution is 5.17. The van der Waals surface area contributed by atoms with E-state index in [2.05, 4.69) is 45.1 Å². The lowest BCUT2D eigenvalue weighted by atomic mass is 9.79. The molecule has 1 aliphatic heterocycles. The van der Waals surface area contributed by atoms with E-state index in [4.69, 9.17) is 4.74 Å². The third kappa shape index (κ3) is 2.83. The van der Waals surface area contributed by atoms with Crippen LogP contribution in [0.3, 0.4) is 0 Å². The first kappa shape index (κ1) is 14.5. The molecule has 0 bridgehead atoms. The van der Waals surface area contributed by atoms with Crippen LogP contribution in [0.5, 0.6) is 0 Å². The van der Waals surface area contributed by atoms with E-state index < -0.39 is 5.54 Å². The minimum Gasteiger partial charge on any atom is -0.394 e. The van der Waals surface area contributed by atoms with E-state index in [1.54, 1.807) is 0 Å². The number of nitrogens with one attached hydrogen (secondary N) is 1. The van der Waals surface area contributed by atoms with Gasteiger partial charge >= 0.3 is 0 Å². The highest BCUT2D eigenvalue weighted by atomic mass is 16.5. The van der Waals surface area contributed by atoms with Gasteiger partial charge in [-0.25, -0.2) is 0 Å². The largest absolute Gasteiger partial charge is 0.394 e. The van der Waals surface area contributed by atoms with E-state index in [1.807, 2.05) is 18.2 Å². The van der Waals surface area contributed by atoms with Crippen molar-refractivity contribution in [2.75, 3.05) is 6.61 Å². The fourth-order valence-corrected chi connectivity index (χ4v) is 3.21. The Morgan fingerprint density at radius 3 is 2.26 bits per heavy atom. The molecule has 2 rings (SSSR count). The number of hydrogen-bond donors (Lipinski definition) is 2. The predicted molar refractivity (Wildman–Crippen MR) is 77.0 cm³/mol. The topological polar surface area (TPSA) is 41.5 Å². The summed E-state index contributed by atoms with van der Waals surface area (Å²) in [5.74, 6) is 0. The van der Waals surface area contributed by atoms with Gasteiger partial charge in [-0.15, -0.1) is 0 Å². The molecule has 1 heterocycles. The average Bonchev–Trinajstić information content (AvgIpc) is 2.53. The van der Waals surface area contributed by atoms with E-state index in [0.29, 0.717) is 0 Å². The molecule has 0 radical (unpaired) electrons. The van der Waals surface area contributed by atoms with Crippen LogP contribution in [-0.2, 0) is 11.3 Å². The van der Waals surface area contributed by atoms with Crippen LogP contribution in [0.1, 0.15) is 39.7 Å². The van der Waals surface area contributed by atoms with Crippen LogP contribution in [0.15, 0.2) is 30.3 Å². The molecule has 1 atom stereocenters. The van der Waals surface area contributed by atoms with E-state index in [1.165, 1.54) is 5.56 Å². The number of rotatable bonds is 4. The van der Waals surface area contributed by atoms with E-state index in [0.717, 1.165) is 13.0 Å². The van der Waals surface area contributed by atoms with E-state index in [-0.39, 0.29) is 17.8 Å². The Bertz CT molecular complexity index is 428. The van der Waals surface area contributed by atoms with E-state index in [9.17, 15) is 5.11 Å². The van der Waals surface area contributed by atoms with Crippen LogP contribution in [0.4, 0.5) is 0 Å². The van der Waals surface area contributed by atoms with Gasteiger partial charge in [0.2, 0.25) is 0 Å². The van der Waals surface area contributed by atoms with Crippen LogP contribution in [0.2, 0.25) is 0 Å². The number of aliphatic hydroxyl groups is 1. The van der Waals surface area contributed by atoms with Gasteiger partial charge in [0, 0.05) is 6.54 Å². The molecule has 3 heteroatoms. The van der Waals surface area contributed by atoms with Crippen LogP contribution in [0.25, 0.3) is 0 Å². The molecule has 1 aromatic rings. The van der Waals surface area contributed by atoms with Crippen LogP contribution >= 0.6 is 0 Å². The Morgan fingerprint density at radius 2 is 1.79 bits per heavy atom. The van der Waals surface area contributed by atoms with Gasteiger partial charge in [0.1, 0.15) is 0 Å². The maximum atomic E-state index is 9.92. The molecule has 0 amide bonds. The Kier molecular flexibility index (Phi) is 3.74. The van der Waals surface area contributed by atoms with Gasteiger partial charge in [0.25, 0.3) is 0 Å². The normalized spacial score (nSPS) is 28.5. The van der Waals surface area contributed by atoms with Crippen LogP contribution < -0.4 is 5.32 Å². The zero-order chi connectivity index (χ0) is 14.1. The van der Waals surface area contributed by atoms with Gasteiger partial charge < -0.3 is 15.2 Å². The quantitative estimate of drug-likeness (QED) is 0.877. The molecule has 0 aliphatic carbocycles. The molecular formula is C16H25NO2. The first-order valence-electron chi connectivity index (χ1n) is 6.90. The highest BCUT2D eigenvalue weighted by Crippen LogP contribution is 2.44. The van der Waals surface area contributed by atoms with Crippen molar-refractivity contribution in [2.24, 2.45) is 0 Å². The van der Waals surface area contributed by atoms with Gasteiger partial charge in [-0.2, -0.15) is 0 Å². The molecule has 2 N–H and O–H groups in total. The third-order valence-corrected chi connectivity index (χ3v) is 4.16. The summed E-state index contributed by atoms with van der Waals surface area (Å²) in [6.45, 7) is 9.08. The summed E-state index contributed by atoms with van der Waals surface area (Å²) >= 11 is 0. The SMILES string of the molecule is CC1(C)CC(CO)(NCc2ccccc2)C(C)(C)O1. The first-order valence-corrected chi connectivity index (χ1v) is 6.90. The Morgan fingerprint density at radius 1 is 1.16 bits per heavy atom. The number of aliphatic hydroxyl groups excluding tert-OH is 1. The molecule has 1 aromatic carbocycles. The molecule has 1 aliphatic rings. The predicted octanol–water partition coefficient (Wildman–Crippen LogP) is 2.48. The fraction of sp³-hybridized carbons (Fsp3) is 0.625. The summed E-state index contributed by atoms with van der Waals surface area (Å²) in [4.78, 5) is 0. The van der Waals surface area contributed by atoms with Gasteiger partial charge in [-0.05, 0) is 39.7 Å². The summed E-state index contributed by atoms with van der Waals surface area (Å²) in [5.41, 5.74) is 0.221. The van der Waals surface area contributed by atoms with Crippen molar-refractivity contribution >= 4 is 0 Å². The lowest BCUT2D eigenvalue weighted by Crippen LogP contribution is -2.59. The molecule has 106 valence electrons. The molecule has 0 spiro atoms. The summed E-state index contributed by atoms with van der Waals surface area (Å²) in [6, 6.07) is 10.3.